The van der Waals surface area contributed by atoms with Gasteiger partial charge in [-0.15, -0.1) is 0 Å². The molecule has 0 saturated carbocycles. The zero-order chi connectivity index (χ0) is 15.4. The number of nitrogens with zero attached hydrogens (tertiary/aromatic N) is 3. The summed E-state index contributed by atoms with van der Waals surface area (Å²) in [6.45, 7) is 1.98. The predicted molar refractivity (Wildman–Crippen MR) is 79.2 cm³/mol. The largest absolute Gasteiger partial charge is 0.437 e. The van der Waals surface area contributed by atoms with Gasteiger partial charge >= 0.3 is 0 Å². The number of nitro benzene ring substituents is 1. The number of hydrogen-bond donors (Lipinski definition) is 0. The average molecular weight is 328 g/mol. The van der Waals surface area contributed by atoms with Crippen LogP contribution in [0.2, 0.25) is 10.2 Å². The topological polar surface area (TPSA) is 78.2 Å². The lowest BCUT2D eigenvalue weighted by Gasteiger charge is -2.11. The maximum Gasteiger partial charge on any atom is 0.273 e. The molecule has 0 aliphatic heterocycles. The van der Waals surface area contributed by atoms with E-state index in [1.165, 1.54) is 24.5 Å². The van der Waals surface area contributed by atoms with Crippen molar-refractivity contribution in [3.05, 3.63) is 50.4 Å². The minimum absolute atomic E-state index is 0.119. The Hall–Kier alpha value is -1.92. The quantitative estimate of drug-likeness (QED) is 0.461. The lowest BCUT2D eigenvalue weighted by molar-refractivity contribution is -0.384. The zero-order valence-electron chi connectivity index (χ0n) is 11.0. The molecule has 0 saturated heterocycles. The van der Waals surface area contributed by atoms with Crippen molar-refractivity contribution in [3.8, 4) is 11.6 Å². The van der Waals surface area contributed by atoms with E-state index in [9.17, 15) is 10.1 Å². The van der Waals surface area contributed by atoms with Gasteiger partial charge in [-0.2, -0.15) is 0 Å². The molecule has 0 unspecified atom stereocenters. The Morgan fingerprint density at radius 3 is 2.76 bits per heavy atom. The summed E-state index contributed by atoms with van der Waals surface area (Å²) in [6.07, 6.45) is 2.72. The van der Waals surface area contributed by atoms with Crippen LogP contribution in [0.5, 0.6) is 11.6 Å². The normalized spacial score (nSPS) is 10.4. The van der Waals surface area contributed by atoms with Gasteiger partial charge in [0, 0.05) is 6.07 Å². The molecule has 0 spiro atoms. The monoisotopic (exact) mass is 327 g/mol. The van der Waals surface area contributed by atoms with Crippen LogP contribution in [0.3, 0.4) is 0 Å². The molecule has 0 atom stereocenters. The first-order valence-electron chi connectivity index (χ1n) is 6.14. The van der Waals surface area contributed by atoms with Crippen LogP contribution in [0.25, 0.3) is 0 Å². The number of hydrogen-bond acceptors (Lipinski definition) is 5. The fraction of sp³-hybridized carbons (Fsp3) is 0.231. The van der Waals surface area contributed by atoms with E-state index in [0.717, 1.165) is 6.42 Å². The molecule has 0 aliphatic rings. The Bertz CT molecular complexity index is 680. The Morgan fingerprint density at radius 1 is 1.33 bits per heavy atom. The van der Waals surface area contributed by atoms with Crippen LogP contribution < -0.4 is 4.74 Å². The maximum atomic E-state index is 10.8. The summed E-state index contributed by atoms with van der Waals surface area (Å²) in [5, 5.41) is 11.3. The summed E-state index contributed by atoms with van der Waals surface area (Å²) < 4.78 is 5.59. The van der Waals surface area contributed by atoms with Gasteiger partial charge in [-0.05, 0) is 12.5 Å². The van der Waals surface area contributed by atoms with Gasteiger partial charge in [0.15, 0.2) is 5.75 Å². The summed E-state index contributed by atoms with van der Waals surface area (Å²) >= 11 is 12.0. The minimum atomic E-state index is -0.525. The zero-order valence-corrected chi connectivity index (χ0v) is 12.6. The first-order valence-corrected chi connectivity index (χ1v) is 6.89. The lowest BCUT2D eigenvalue weighted by atomic mass is 10.2. The van der Waals surface area contributed by atoms with E-state index in [1.54, 1.807) is 0 Å². The molecular weight excluding hydrogens is 317 g/mol. The third-order valence-corrected chi connectivity index (χ3v) is 3.32. The third kappa shape index (κ3) is 3.59. The molecular formula is C13H11Cl2N3O3. The highest BCUT2D eigenvalue weighted by molar-refractivity contribution is 6.32. The molecule has 21 heavy (non-hydrogen) atoms. The summed E-state index contributed by atoms with van der Waals surface area (Å²) in [5.74, 6) is 0.400. The smallest absolute Gasteiger partial charge is 0.273 e. The summed E-state index contributed by atoms with van der Waals surface area (Å²) in [7, 11) is 0. The average Bonchev–Trinajstić information content (AvgIpc) is 2.44. The Labute approximate surface area is 130 Å². The molecule has 0 amide bonds. The van der Waals surface area contributed by atoms with Gasteiger partial charge in [0.25, 0.3) is 5.69 Å². The van der Waals surface area contributed by atoms with Gasteiger partial charge in [0.2, 0.25) is 5.88 Å². The lowest BCUT2D eigenvalue weighted by Crippen LogP contribution is -1.98. The van der Waals surface area contributed by atoms with E-state index >= 15 is 0 Å². The molecule has 2 aromatic rings. The highest BCUT2D eigenvalue weighted by Crippen LogP contribution is 2.34. The number of aromatic nitrogens is 2. The van der Waals surface area contributed by atoms with Crippen molar-refractivity contribution in [1.29, 1.82) is 0 Å². The van der Waals surface area contributed by atoms with Crippen molar-refractivity contribution in [1.82, 2.24) is 9.97 Å². The van der Waals surface area contributed by atoms with Crippen molar-refractivity contribution in [3.63, 3.8) is 0 Å². The van der Waals surface area contributed by atoms with E-state index < -0.39 is 4.92 Å². The third-order valence-electron chi connectivity index (χ3n) is 2.69. The van der Waals surface area contributed by atoms with Gasteiger partial charge in [0.05, 0.1) is 21.6 Å². The fourth-order valence-electron chi connectivity index (χ4n) is 1.71. The van der Waals surface area contributed by atoms with Crippen LogP contribution in [0.15, 0.2) is 24.5 Å². The van der Waals surface area contributed by atoms with E-state index in [1.807, 2.05) is 6.92 Å². The number of non-ortho nitro benzene ring substituents is 1. The highest BCUT2D eigenvalue weighted by atomic mass is 35.5. The number of benzene rings is 1. The standard InChI is InChI=1S/C13H11Cl2N3O3/c1-2-3-9-12(15)16-7-17-13(9)21-11-6-8(18(19)20)4-5-10(11)14/h4-7H,2-3H2,1H3. The molecule has 6 nitrogen and oxygen atoms in total. The number of nitro groups is 1. The Morgan fingerprint density at radius 2 is 2.10 bits per heavy atom. The highest BCUT2D eigenvalue weighted by Gasteiger charge is 2.16. The van der Waals surface area contributed by atoms with Crippen molar-refractivity contribution in [2.75, 3.05) is 0 Å². The van der Waals surface area contributed by atoms with Gasteiger partial charge in [-0.1, -0.05) is 36.5 Å². The van der Waals surface area contributed by atoms with Crippen LogP contribution in [-0.2, 0) is 6.42 Å². The first kappa shape index (κ1) is 15.5. The molecule has 2 rings (SSSR count). The van der Waals surface area contributed by atoms with Crippen LogP contribution >= 0.6 is 23.2 Å². The Kier molecular flexibility index (Phi) is 4.93. The van der Waals surface area contributed by atoms with E-state index in [0.29, 0.717) is 17.1 Å². The number of halogens is 2. The van der Waals surface area contributed by atoms with Gasteiger partial charge < -0.3 is 4.74 Å². The molecule has 1 aromatic carbocycles. The molecule has 0 fully saturated rings. The number of rotatable bonds is 5. The molecule has 8 heteroatoms. The van der Waals surface area contributed by atoms with E-state index in [2.05, 4.69) is 9.97 Å². The van der Waals surface area contributed by atoms with Gasteiger partial charge in [-0.3, -0.25) is 10.1 Å². The minimum Gasteiger partial charge on any atom is -0.437 e. The Balaban J connectivity index is 2.40. The van der Waals surface area contributed by atoms with Crippen molar-refractivity contribution < 1.29 is 9.66 Å². The molecule has 0 aliphatic carbocycles. The summed E-state index contributed by atoms with van der Waals surface area (Å²) in [5.41, 5.74) is 0.524. The van der Waals surface area contributed by atoms with Crippen LogP contribution in [-0.4, -0.2) is 14.9 Å². The van der Waals surface area contributed by atoms with E-state index in [-0.39, 0.29) is 22.3 Å². The van der Waals surface area contributed by atoms with Crippen molar-refractivity contribution in [2.45, 2.75) is 19.8 Å². The van der Waals surface area contributed by atoms with E-state index in [4.69, 9.17) is 27.9 Å². The second-order valence-corrected chi connectivity index (χ2v) is 4.94. The maximum absolute atomic E-state index is 10.8. The van der Waals surface area contributed by atoms with Gasteiger partial charge in [0.1, 0.15) is 11.5 Å². The number of ether oxygens (including phenoxy) is 1. The summed E-state index contributed by atoms with van der Waals surface area (Å²) in [4.78, 5) is 18.2. The molecule has 1 aromatic heterocycles. The predicted octanol–water partition coefficient (Wildman–Crippen LogP) is 4.44. The molecule has 0 bridgehead atoms. The molecule has 110 valence electrons. The second-order valence-electron chi connectivity index (χ2n) is 4.17. The van der Waals surface area contributed by atoms with Crippen LogP contribution in [0.4, 0.5) is 5.69 Å². The fourth-order valence-corrected chi connectivity index (χ4v) is 2.09. The first-order chi connectivity index (χ1) is 10.0. The second kappa shape index (κ2) is 6.69. The molecule has 1 heterocycles. The summed E-state index contributed by atoms with van der Waals surface area (Å²) in [6, 6.07) is 3.94. The van der Waals surface area contributed by atoms with Crippen LogP contribution in [0, 0.1) is 10.1 Å². The van der Waals surface area contributed by atoms with Crippen molar-refractivity contribution >= 4 is 28.9 Å². The van der Waals surface area contributed by atoms with Crippen LogP contribution in [0.1, 0.15) is 18.9 Å². The van der Waals surface area contributed by atoms with Crippen molar-refractivity contribution in [2.24, 2.45) is 0 Å². The molecule has 0 N–H and O–H groups in total. The SMILES string of the molecule is CCCc1c(Cl)ncnc1Oc1cc([N+](=O)[O-])ccc1Cl. The van der Waals surface area contributed by atoms with Gasteiger partial charge in [-0.25, -0.2) is 9.97 Å². The molecule has 0 radical (unpaired) electrons.